The van der Waals surface area contributed by atoms with Gasteiger partial charge in [0, 0.05) is 12.6 Å². The number of rotatable bonds is 5. The molecule has 22 heavy (non-hydrogen) atoms. The Morgan fingerprint density at radius 1 is 1.41 bits per heavy atom. The molecule has 1 amide bonds. The van der Waals surface area contributed by atoms with Crippen molar-refractivity contribution >= 4 is 11.9 Å². The molecule has 2 atom stereocenters. The molecule has 1 aliphatic rings. The molecule has 0 spiro atoms. The highest BCUT2D eigenvalue weighted by Gasteiger charge is 2.37. The molecule has 120 valence electrons. The van der Waals surface area contributed by atoms with E-state index in [1.807, 2.05) is 45.0 Å². The molecule has 0 saturated carbocycles. The third kappa shape index (κ3) is 3.78. The fraction of sp³-hybridized carbons (Fsp3) is 0.529. The van der Waals surface area contributed by atoms with Crippen LogP contribution in [0.1, 0.15) is 32.8 Å². The minimum absolute atomic E-state index is 0.0297. The average Bonchev–Trinajstić information content (AvgIpc) is 2.80. The number of likely N-dealkylation sites (tertiary alicyclic amines) is 1. The second-order valence-corrected chi connectivity index (χ2v) is 6.05. The number of benzene rings is 1. The number of carboxylic acids is 1. The van der Waals surface area contributed by atoms with E-state index in [0.29, 0.717) is 13.0 Å². The lowest BCUT2D eigenvalue weighted by atomic mass is 10.0. The van der Waals surface area contributed by atoms with Crippen LogP contribution in [0.15, 0.2) is 24.3 Å². The summed E-state index contributed by atoms with van der Waals surface area (Å²) < 4.78 is 5.63. The Bertz CT molecular complexity index is 555. The summed E-state index contributed by atoms with van der Waals surface area (Å²) in [5.74, 6) is -0.564. The van der Waals surface area contributed by atoms with Crippen molar-refractivity contribution in [3.05, 3.63) is 29.8 Å². The van der Waals surface area contributed by atoms with Crippen LogP contribution in [-0.4, -0.2) is 40.6 Å². The first-order chi connectivity index (χ1) is 10.4. The van der Waals surface area contributed by atoms with Gasteiger partial charge >= 0.3 is 5.97 Å². The van der Waals surface area contributed by atoms with E-state index < -0.39 is 11.9 Å². The number of nitrogens with zero attached hydrogens (tertiary/aromatic N) is 1. The predicted molar refractivity (Wildman–Crippen MR) is 82.8 cm³/mol. The van der Waals surface area contributed by atoms with E-state index in [9.17, 15) is 9.59 Å². The SMILES string of the molecule is CC(C)Oc1cccc(CC(=O)N2CCC(C(=O)O)C2C)c1. The molecule has 0 radical (unpaired) electrons. The number of ether oxygens (including phenoxy) is 1. The number of amides is 1. The van der Waals surface area contributed by atoms with Crippen molar-refractivity contribution in [2.24, 2.45) is 5.92 Å². The molecular formula is C17H23NO4. The molecule has 1 saturated heterocycles. The first-order valence-electron chi connectivity index (χ1n) is 7.66. The Kier molecular flexibility index (Phi) is 5.06. The second-order valence-electron chi connectivity index (χ2n) is 6.05. The Balaban J connectivity index is 2.02. The lowest BCUT2D eigenvalue weighted by Gasteiger charge is -2.23. The Morgan fingerprint density at radius 2 is 2.14 bits per heavy atom. The number of hydrogen-bond acceptors (Lipinski definition) is 3. The first-order valence-corrected chi connectivity index (χ1v) is 7.66. The van der Waals surface area contributed by atoms with Crippen LogP contribution in [0.5, 0.6) is 5.75 Å². The summed E-state index contributed by atoms with van der Waals surface area (Å²) in [4.78, 5) is 25.2. The summed E-state index contributed by atoms with van der Waals surface area (Å²) in [6.07, 6.45) is 0.880. The molecule has 2 rings (SSSR count). The van der Waals surface area contributed by atoms with Crippen molar-refractivity contribution in [2.75, 3.05) is 6.54 Å². The molecule has 1 N–H and O–H groups in total. The van der Waals surface area contributed by atoms with Gasteiger partial charge in [-0.15, -0.1) is 0 Å². The van der Waals surface area contributed by atoms with Gasteiger partial charge in [0.25, 0.3) is 0 Å². The Morgan fingerprint density at radius 3 is 2.73 bits per heavy atom. The lowest BCUT2D eigenvalue weighted by Crippen LogP contribution is -2.38. The van der Waals surface area contributed by atoms with E-state index >= 15 is 0 Å². The molecular weight excluding hydrogens is 282 g/mol. The van der Waals surface area contributed by atoms with Crippen LogP contribution in [0.2, 0.25) is 0 Å². The van der Waals surface area contributed by atoms with E-state index in [2.05, 4.69) is 0 Å². The van der Waals surface area contributed by atoms with Gasteiger partial charge in [-0.25, -0.2) is 0 Å². The summed E-state index contributed by atoms with van der Waals surface area (Å²) in [6.45, 7) is 6.23. The molecule has 2 unspecified atom stereocenters. The second kappa shape index (κ2) is 6.81. The van der Waals surface area contributed by atoms with Crippen LogP contribution >= 0.6 is 0 Å². The van der Waals surface area contributed by atoms with E-state index in [0.717, 1.165) is 11.3 Å². The third-order valence-corrected chi connectivity index (χ3v) is 4.02. The summed E-state index contributed by atoms with van der Waals surface area (Å²) in [6, 6.07) is 7.24. The number of carboxylic acid groups (broad SMARTS) is 1. The smallest absolute Gasteiger partial charge is 0.308 e. The molecule has 1 aromatic rings. The number of carbonyl (C=O) groups excluding carboxylic acids is 1. The molecule has 1 fully saturated rings. The number of aliphatic carboxylic acids is 1. The highest BCUT2D eigenvalue weighted by molar-refractivity contribution is 5.81. The quantitative estimate of drug-likeness (QED) is 0.906. The molecule has 1 aromatic carbocycles. The van der Waals surface area contributed by atoms with Crippen LogP contribution in [0, 0.1) is 5.92 Å². The predicted octanol–water partition coefficient (Wildman–Crippen LogP) is 2.34. The van der Waals surface area contributed by atoms with Gasteiger partial charge in [0.2, 0.25) is 5.91 Å². The normalized spacial score (nSPS) is 21.2. The van der Waals surface area contributed by atoms with Crippen molar-refractivity contribution in [3.63, 3.8) is 0 Å². The van der Waals surface area contributed by atoms with Crippen LogP contribution < -0.4 is 4.74 Å². The summed E-state index contributed by atoms with van der Waals surface area (Å²) in [7, 11) is 0. The van der Waals surface area contributed by atoms with Gasteiger partial charge in [-0.1, -0.05) is 12.1 Å². The summed E-state index contributed by atoms with van der Waals surface area (Å²) in [5, 5.41) is 9.14. The maximum Gasteiger partial charge on any atom is 0.308 e. The highest BCUT2D eigenvalue weighted by atomic mass is 16.5. The molecule has 0 aromatic heterocycles. The molecule has 0 aliphatic carbocycles. The van der Waals surface area contributed by atoms with Gasteiger partial charge in [0.05, 0.1) is 18.4 Å². The molecule has 5 heteroatoms. The monoisotopic (exact) mass is 305 g/mol. The lowest BCUT2D eigenvalue weighted by molar-refractivity contribution is -0.143. The molecule has 0 bridgehead atoms. The minimum Gasteiger partial charge on any atom is -0.491 e. The van der Waals surface area contributed by atoms with Crippen LogP contribution in [0.3, 0.4) is 0 Å². The number of carbonyl (C=O) groups is 2. The van der Waals surface area contributed by atoms with E-state index in [-0.39, 0.29) is 24.5 Å². The highest BCUT2D eigenvalue weighted by Crippen LogP contribution is 2.25. The van der Waals surface area contributed by atoms with Gasteiger partial charge in [0.15, 0.2) is 0 Å². The Labute approximate surface area is 130 Å². The van der Waals surface area contributed by atoms with E-state index in [4.69, 9.17) is 9.84 Å². The zero-order valence-corrected chi connectivity index (χ0v) is 13.3. The van der Waals surface area contributed by atoms with E-state index in [1.54, 1.807) is 4.90 Å². The zero-order chi connectivity index (χ0) is 16.3. The largest absolute Gasteiger partial charge is 0.491 e. The van der Waals surface area contributed by atoms with Gasteiger partial charge in [-0.05, 0) is 44.9 Å². The molecule has 5 nitrogen and oxygen atoms in total. The maximum atomic E-state index is 12.4. The average molecular weight is 305 g/mol. The van der Waals surface area contributed by atoms with Gasteiger partial charge in [0.1, 0.15) is 5.75 Å². The van der Waals surface area contributed by atoms with Crippen molar-refractivity contribution in [2.45, 2.75) is 45.8 Å². The van der Waals surface area contributed by atoms with E-state index in [1.165, 1.54) is 0 Å². The van der Waals surface area contributed by atoms with Gasteiger partial charge in [-0.2, -0.15) is 0 Å². The standard InChI is InChI=1S/C17H23NO4/c1-11(2)22-14-6-4-5-13(9-14)10-16(19)18-8-7-15(12(18)3)17(20)21/h4-6,9,11-12,15H,7-8,10H2,1-3H3,(H,20,21). The van der Waals surface area contributed by atoms with Crippen molar-refractivity contribution in [3.8, 4) is 5.75 Å². The van der Waals surface area contributed by atoms with Gasteiger partial charge in [-0.3, -0.25) is 9.59 Å². The van der Waals surface area contributed by atoms with Crippen molar-refractivity contribution < 1.29 is 19.4 Å². The summed E-state index contributed by atoms with van der Waals surface area (Å²) >= 11 is 0. The first kappa shape index (κ1) is 16.3. The maximum absolute atomic E-state index is 12.4. The summed E-state index contributed by atoms with van der Waals surface area (Å²) in [5.41, 5.74) is 0.883. The fourth-order valence-electron chi connectivity index (χ4n) is 2.90. The van der Waals surface area contributed by atoms with Crippen LogP contribution in [-0.2, 0) is 16.0 Å². The number of hydrogen-bond donors (Lipinski definition) is 1. The fourth-order valence-corrected chi connectivity index (χ4v) is 2.90. The van der Waals surface area contributed by atoms with Crippen molar-refractivity contribution in [1.29, 1.82) is 0 Å². The Hall–Kier alpha value is -2.04. The molecule has 1 aliphatic heterocycles. The molecule has 1 heterocycles. The zero-order valence-electron chi connectivity index (χ0n) is 13.3. The van der Waals surface area contributed by atoms with Gasteiger partial charge < -0.3 is 14.7 Å². The van der Waals surface area contributed by atoms with Crippen molar-refractivity contribution in [1.82, 2.24) is 4.90 Å². The van der Waals surface area contributed by atoms with Crippen LogP contribution in [0.25, 0.3) is 0 Å². The minimum atomic E-state index is -0.824. The van der Waals surface area contributed by atoms with Crippen LogP contribution in [0.4, 0.5) is 0 Å². The third-order valence-electron chi connectivity index (χ3n) is 4.02. The topological polar surface area (TPSA) is 66.8 Å².